The third-order valence-corrected chi connectivity index (χ3v) is 8.81. The van der Waals surface area contributed by atoms with Crippen LogP contribution in [0.2, 0.25) is 5.02 Å². The second-order valence-electron chi connectivity index (χ2n) is 12.2. The number of hydrogen-bond acceptors (Lipinski definition) is 8. The number of halogens is 2. The molecule has 5 rings (SSSR count). The highest BCUT2D eigenvalue weighted by molar-refractivity contribution is 7.46. The van der Waals surface area contributed by atoms with E-state index in [1.165, 1.54) is 18.2 Å². The number of phenols is 1. The van der Waals surface area contributed by atoms with Gasteiger partial charge in [-0.05, 0) is 97.4 Å². The minimum atomic E-state index is -4.86. The van der Waals surface area contributed by atoms with E-state index in [0.29, 0.717) is 58.5 Å². The average molecular weight is 776 g/mol. The normalized spacial score (nSPS) is 11.4. The van der Waals surface area contributed by atoms with E-state index in [2.05, 4.69) is 30.7 Å². The van der Waals surface area contributed by atoms with Crippen molar-refractivity contribution in [3.63, 3.8) is 0 Å². The first-order valence-electron chi connectivity index (χ1n) is 16.7. The predicted molar refractivity (Wildman–Crippen MR) is 204 cm³/mol. The van der Waals surface area contributed by atoms with Crippen molar-refractivity contribution in [3.05, 3.63) is 118 Å². The number of nitrogens with one attached hydrogen (secondary N) is 3. The molecule has 13 nitrogen and oxygen atoms in total. The van der Waals surface area contributed by atoms with E-state index in [4.69, 9.17) is 21.4 Å². The maximum Gasteiger partial charge on any atom is 0.524 e. The lowest BCUT2D eigenvalue weighted by Crippen LogP contribution is -2.24. The largest absolute Gasteiger partial charge is 0.524 e. The molecule has 0 radical (unpaired) electrons. The van der Waals surface area contributed by atoms with Crippen molar-refractivity contribution in [2.24, 2.45) is 10.2 Å². The molecule has 0 saturated heterocycles. The fraction of sp³-hybridized carbons (Fsp3) is 0.184. The van der Waals surface area contributed by atoms with Crippen molar-refractivity contribution in [1.82, 2.24) is 5.32 Å². The number of azo groups is 1. The van der Waals surface area contributed by atoms with Crippen molar-refractivity contribution < 1.29 is 42.8 Å². The molecule has 54 heavy (non-hydrogen) atoms. The first-order chi connectivity index (χ1) is 25.8. The maximum atomic E-state index is 13.3. The van der Waals surface area contributed by atoms with Gasteiger partial charge >= 0.3 is 7.82 Å². The van der Waals surface area contributed by atoms with Crippen LogP contribution in [0.3, 0.4) is 0 Å². The average Bonchev–Trinajstić information content (AvgIpc) is 3.13. The molecule has 0 heterocycles. The van der Waals surface area contributed by atoms with Crippen LogP contribution in [-0.2, 0) is 16.0 Å². The van der Waals surface area contributed by atoms with Crippen molar-refractivity contribution in [2.75, 3.05) is 17.2 Å². The van der Waals surface area contributed by atoms with E-state index in [1.807, 2.05) is 13.0 Å². The molecule has 0 aliphatic carbocycles. The Morgan fingerprint density at radius 3 is 2.35 bits per heavy atom. The Kier molecular flexibility index (Phi) is 13.1. The van der Waals surface area contributed by atoms with Gasteiger partial charge in [-0.2, -0.15) is 5.11 Å². The van der Waals surface area contributed by atoms with Crippen molar-refractivity contribution >= 4 is 70.7 Å². The Morgan fingerprint density at radius 2 is 1.63 bits per heavy atom. The lowest BCUT2D eigenvalue weighted by atomic mass is 10.0. The molecule has 0 saturated carbocycles. The van der Waals surface area contributed by atoms with Crippen LogP contribution in [0, 0.1) is 6.92 Å². The molecule has 0 aliphatic rings. The summed E-state index contributed by atoms with van der Waals surface area (Å²) in [4.78, 5) is 56.2. The van der Waals surface area contributed by atoms with E-state index in [1.54, 1.807) is 66.7 Å². The van der Waals surface area contributed by atoms with E-state index in [0.717, 1.165) is 5.56 Å². The topological polar surface area (TPSA) is 199 Å². The summed E-state index contributed by atoms with van der Waals surface area (Å²) >= 11 is 6.04. The molecule has 0 atom stereocenters. The lowest BCUT2D eigenvalue weighted by molar-refractivity contribution is -0.116. The molecule has 0 fully saturated rings. The fourth-order valence-electron chi connectivity index (χ4n) is 5.43. The zero-order chi connectivity index (χ0) is 38.8. The van der Waals surface area contributed by atoms with Crippen LogP contribution in [0.4, 0.5) is 27.1 Å². The number of phosphoric acid groups is 1. The number of anilines is 2. The number of amides is 3. The maximum absolute atomic E-state index is 13.3. The number of phosphoric ester groups is 1. The Bertz CT molecular complexity index is 2270. The molecule has 280 valence electrons. The summed E-state index contributed by atoms with van der Waals surface area (Å²) in [5.41, 5.74) is 2.37. The number of aromatic hydroxyl groups is 1. The minimum absolute atomic E-state index is 0.0159. The van der Waals surface area contributed by atoms with E-state index < -0.39 is 20.4 Å². The van der Waals surface area contributed by atoms with Crippen LogP contribution in [0.5, 0.6) is 11.5 Å². The molecule has 5 aromatic carbocycles. The van der Waals surface area contributed by atoms with Gasteiger partial charge in [0, 0.05) is 45.9 Å². The lowest BCUT2D eigenvalue weighted by Gasteiger charge is -2.12. The van der Waals surface area contributed by atoms with E-state index in [9.17, 15) is 28.4 Å². The molecule has 0 unspecified atom stereocenters. The number of phenolic OH excluding ortho intramolecular Hbond substituents is 1. The number of carbonyl (C=O) groups excluding carboxylic acids is 3. The Hall–Kier alpha value is -5.66. The number of benzene rings is 5. The highest BCUT2D eigenvalue weighted by Crippen LogP contribution is 2.41. The predicted octanol–water partition coefficient (Wildman–Crippen LogP) is 9.04. The number of hydrogen-bond donors (Lipinski definition) is 6. The van der Waals surface area contributed by atoms with Gasteiger partial charge in [-0.1, -0.05) is 42.3 Å². The highest BCUT2D eigenvalue weighted by Gasteiger charge is 2.20. The number of rotatable bonds is 15. The number of alkyl halides is 1. The van der Waals surface area contributed by atoms with Crippen molar-refractivity contribution in [2.45, 2.75) is 39.3 Å². The third kappa shape index (κ3) is 10.7. The second-order valence-corrected chi connectivity index (χ2v) is 13.8. The summed E-state index contributed by atoms with van der Waals surface area (Å²) < 4.78 is 28.8. The fourth-order valence-corrected chi connectivity index (χ4v) is 6.09. The number of fused-ring (bicyclic) bond motifs is 1. The molecular weight excluding hydrogens is 740 g/mol. The summed E-state index contributed by atoms with van der Waals surface area (Å²) in [5, 5.41) is 29.8. The summed E-state index contributed by atoms with van der Waals surface area (Å²) in [6.45, 7) is 1.13. The second kappa shape index (κ2) is 17.9. The minimum Gasteiger partial charge on any atom is -0.505 e. The first kappa shape index (κ1) is 39.5. The smallest absolute Gasteiger partial charge is 0.505 e. The van der Waals surface area contributed by atoms with Crippen molar-refractivity contribution in [1.29, 1.82) is 0 Å². The van der Waals surface area contributed by atoms with Gasteiger partial charge in [0.15, 0.2) is 5.75 Å². The van der Waals surface area contributed by atoms with Gasteiger partial charge in [-0.15, -0.1) is 5.11 Å². The molecular formula is C38H36ClFN5O8P. The van der Waals surface area contributed by atoms with Crippen LogP contribution in [0.15, 0.2) is 101 Å². The van der Waals surface area contributed by atoms with Gasteiger partial charge < -0.3 is 25.6 Å². The SMILES string of the molecule is Cc1cc(Cl)ccc1NC(=O)c1cc2ccccc2c(N=Nc2ccc(C(=O)NCCCCCC(=O)Nc3ccc(OP(=O)(O)O)c(CF)c3)cc2)c1O. The van der Waals surface area contributed by atoms with Crippen LogP contribution >= 0.6 is 19.4 Å². The molecule has 6 N–H and O–H groups in total. The monoisotopic (exact) mass is 775 g/mol. The Labute approximate surface area is 314 Å². The molecule has 16 heteroatoms. The molecule has 0 bridgehead atoms. The van der Waals surface area contributed by atoms with Crippen LogP contribution in [0.25, 0.3) is 10.8 Å². The van der Waals surface area contributed by atoms with Crippen LogP contribution < -0.4 is 20.5 Å². The first-order valence-corrected chi connectivity index (χ1v) is 18.6. The van der Waals surface area contributed by atoms with Gasteiger partial charge in [0.25, 0.3) is 11.8 Å². The summed E-state index contributed by atoms with van der Waals surface area (Å²) in [7, 11) is -4.86. The van der Waals surface area contributed by atoms with Gasteiger partial charge in [0.1, 0.15) is 18.1 Å². The highest BCUT2D eigenvalue weighted by atomic mass is 35.5. The van der Waals surface area contributed by atoms with Gasteiger partial charge in [-0.3, -0.25) is 24.2 Å². The van der Waals surface area contributed by atoms with Gasteiger partial charge in [-0.25, -0.2) is 8.96 Å². The summed E-state index contributed by atoms with van der Waals surface area (Å²) in [5.74, 6) is -1.81. The molecule has 0 aromatic heterocycles. The molecule has 0 spiro atoms. The van der Waals surface area contributed by atoms with Crippen LogP contribution in [0.1, 0.15) is 57.5 Å². The number of aryl methyl sites for hydroxylation is 1. The quantitative estimate of drug-likeness (QED) is 0.0344. The van der Waals surface area contributed by atoms with Gasteiger partial charge in [0.05, 0.1) is 11.3 Å². The number of carbonyl (C=O) groups is 3. The standard InChI is InChI=1S/C38H36ClFN5O8P/c1-23-19-27(39)12-16-32(23)43-38(49)31-21-25-7-4-5-8-30(25)35(36(31)47)45-44-28-13-10-24(11-14-28)37(48)41-18-6-2-3-9-34(46)42-29-15-17-33(26(20-29)22-40)53-54(50,51)52/h4-5,7-8,10-17,19-21,47H,2-3,6,9,18,22H2,1H3,(H,41,48)(H,42,46)(H,43,49)(H2,50,51,52). The Morgan fingerprint density at radius 1 is 0.870 bits per heavy atom. The molecule has 0 aliphatic heterocycles. The summed E-state index contributed by atoms with van der Waals surface area (Å²) in [6, 6.07) is 23.9. The zero-order valence-electron chi connectivity index (χ0n) is 28.9. The number of unbranched alkanes of at least 4 members (excludes halogenated alkanes) is 2. The van der Waals surface area contributed by atoms with E-state index in [-0.39, 0.29) is 52.2 Å². The Balaban J connectivity index is 1.11. The molecule has 3 amide bonds. The van der Waals surface area contributed by atoms with E-state index >= 15 is 0 Å². The molecule has 5 aromatic rings. The van der Waals surface area contributed by atoms with Gasteiger partial charge in [0.2, 0.25) is 5.91 Å². The zero-order valence-corrected chi connectivity index (χ0v) is 30.5. The third-order valence-electron chi connectivity index (χ3n) is 8.14. The van der Waals surface area contributed by atoms with Crippen LogP contribution in [-0.4, -0.2) is 39.2 Å². The number of nitrogens with zero attached hydrogens (tertiary/aromatic N) is 2. The summed E-state index contributed by atoms with van der Waals surface area (Å²) in [6.07, 6.45) is 1.95. The van der Waals surface area contributed by atoms with Crippen molar-refractivity contribution in [3.8, 4) is 11.5 Å².